The number of hydrogen-bond donors (Lipinski definition) is 5. The number of hydrazine groups is 1. The van der Waals surface area contributed by atoms with Crippen LogP contribution in [0.25, 0.3) is 0 Å². The molecule has 0 radical (unpaired) electrons. The Kier molecular flexibility index (Phi) is 8.14. The van der Waals surface area contributed by atoms with Gasteiger partial charge in [-0.3, -0.25) is 9.59 Å². The van der Waals surface area contributed by atoms with E-state index in [0.29, 0.717) is 36.9 Å². The Morgan fingerprint density at radius 2 is 1.72 bits per heavy atom. The van der Waals surface area contributed by atoms with Crippen molar-refractivity contribution in [2.75, 3.05) is 37.5 Å². The van der Waals surface area contributed by atoms with Crippen LogP contribution >= 0.6 is 0 Å². The molecule has 4 rings (SSSR count). The fraction of sp³-hybridized carbons (Fsp3) is 0.259. The van der Waals surface area contributed by atoms with E-state index >= 15 is 0 Å². The number of carbonyl (C=O) groups is 2. The molecular weight excluding hydrogens is 502 g/mol. The van der Waals surface area contributed by atoms with E-state index in [1.807, 2.05) is 6.92 Å². The Bertz CT molecular complexity index is 1530. The highest BCUT2D eigenvalue weighted by Gasteiger charge is 2.36. The zero-order valence-corrected chi connectivity index (χ0v) is 21.6. The number of rotatable bonds is 10. The molecule has 0 saturated carbocycles. The van der Waals surface area contributed by atoms with Crippen molar-refractivity contribution in [1.29, 1.82) is 5.26 Å². The first kappa shape index (κ1) is 27.2. The van der Waals surface area contributed by atoms with Crippen LogP contribution in [0.2, 0.25) is 0 Å². The molecule has 12 heteroatoms. The van der Waals surface area contributed by atoms with Crippen LogP contribution < -0.4 is 16.2 Å². The molecule has 5 N–H and O–H groups in total. The van der Waals surface area contributed by atoms with E-state index in [1.54, 1.807) is 20.1 Å². The van der Waals surface area contributed by atoms with Gasteiger partial charge in [0.2, 0.25) is 5.78 Å². The summed E-state index contributed by atoms with van der Waals surface area (Å²) in [7, 11) is 1.57. The number of aromatic nitrogens is 1. The molecule has 1 heterocycles. The number of benzene rings is 2. The lowest BCUT2D eigenvalue weighted by atomic mass is 9.82. The number of methoxy groups -OCH3 is 1. The maximum absolute atomic E-state index is 13.4. The van der Waals surface area contributed by atoms with E-state index in [0.717, 1.165) is 18.6 Å². The maximum atomic E-state index is 13.4. The smallest absolute Gasteiger partial charge is 0.200 e. The highest BCUT2D eigenvalue weighted by atomic mass is 16.5. The molecule has 1 aliphatic rings. The molecule has 12 nitrogen and oxygen atoms in total. The number of pyridine rings is 1. The number of fused-ring (bicyclic) bond motifs is 2. The van der Waals surface area contributed by atoms with Crippen LogP contribution in [0.5, 0.6) is 11.5 Å². The second kappa shape index (κ2) is 11.7. The predicted octanol–water partition coefficient (Wildman–Crippen LogP) is 4.25. The Balaban J connectivity index is 1.81. The average molecular weight is 530 g/mol. The third-order valence-electron chi connectivity index (χ3n) is 6.09. The summed E-state index contributed by atoms with van der Waals surface area (Å²) < 4.78 is 5.07. The first-order valence-electron chi connectivity index (χ1n) is 12.2. The number of azo groups is 1. The number of aromatic hydroxyl groups is 2. The molecule has 0 atom stereocenters. The number of hydrogen-bond acceptors (Lipinski definition) is 12. The standard InChI is InChI=1S/C27H27N7O5/c1-4-10-30-34-27-23(14(2)16(13-28)26(31-27)29-11-12-39-3)33-32-17-7-5-6-15-20(17)25(38)22-19(36)9-8-18(35)21(22)24(15)37/h5-9,30,35-36H,4,10-12H2,1-3H3,(H2,29,31,34)/b33-32+. The second-order valence-electron chi connectivity index (χ2n) is 8.65. The second-order valence-corrected chi connectivity index (χ2v) is 8.65. The van der Waals surface area contributed by atoms with Crippen LogP contribution in [-0.4, -0.2) is 53.6 Å². The lowest BCUT2D eigenvalue weighted by Gasteiger charge is -2.20. The molecule has 0 fully saturated rings. The number of ketones is 2. The van der Waals surface area contributed by atoms with Crippen molar-refractivity contribution in [2.24, 2.45) is 10.2 Å². The van der Waals surface area contributed by atoms with Gasteiger partial charge >= 0.3 is 0 Å². The van der Waals surface area contributed by atoms with Crippen LogP contribution in [0.1, 0.15) is 56.3 Å². The van der Waals surface area contributed by atoms with E-state index in [1.165, 1.54) is 12.1 Å². The van der Waals surface area contributed by atoms with Crippen LogP contribution in [0.4, 0.5) is 23.0 Å². The Morgan fingerprint density at radius 1 is 1.00 bits per heavy atom. The summed E-state index contributed by atoms with van der Waals surface area (Å²) in [6.45, 7) is 5.16. The van der Waals surface area contributed by atoms with E-state index in [9.17, 15) is 25.1 Å². The first-order valence-corrected chi connectivity index (χ1v) is 12.2. The normalized spacial score (nSPS) is 12.3. The predicted molar refractivity (Wildman–Crippen MR) is 143 cm³/mol. The molecule has 0 amide bonds. The molecule has 200 valence electrons. The molecule has 1 aromatic heterocycles. The number of ether oxygens (including phenoxy) is 1. The first-order chi connectivity index (χ1) is 18.8. The number of anilines is 2. The number of carbonyl (C=O) groups excluding carboxylic acids is 2. The van der Waals surface area contributed by atoms with Gasteiger partial charge in [0.15, 0.2) is 11.6 Å². The minimum atomic E-state index is -0.671. The molecule has 1 aliphatic carbocycles. The third kappa shape index (κ3) is 5.13. The molecule has 0 saturated heterocycles. The summed E-state index contributed by atoms with van der Waals surface area (Å²) in [5, 5.41) is 42.1. The van der Waals surface area contributed by atoms with Crippen LogP contribution in [0.3, 0.4) is 0 Å². The van der Waals surface area contributed by atoms with Crippen LogP contribution in [0.15, 0.2) is 40.6 Å². The topological polar surface area (TPSA) is 181 Å². The monoisotopic (exact) mass is 529 g/mol. The van der Waals surface area contributed by atoms with Gasteiger partial charge < -0.3 is 25.7 Å². The van der Waals surface area contributed by atoms with Gasteiger partial charge in [0.05, 0.1) is 34.5 Å². The molecular formula is C27H27N7O5. The minimum Gasteiger partial charge on any atom is -0.507 e. The van der Waals surface area contributed by atoms with E-state index < -0.39 is 23.1 Å². The Morgan fingerprint density at radius 3 is 2.38 bits per heavy atom. The summed E-state index contributed by atoms with van der Waals surface area (Å²) in [5.41, 5.74) is 6.53. The van der Waals surface area contributed by atoms with Crippen molar-refractivity contribution in [2.45, 2.75) is 20.3 Å². The average Bonchev–Trinajstić information content (AvgIpc) is 2.92. The van der Waals surface area contributed by atoms with Gasteiger partial charge in [-0.2, -0.15) is 5.26 Å². The van der Waals surface area contributed by atoms with Gasteiger partial charge in [-0.1, -0.05) is 19.1 Å². The van der Waals surface area contributed by atoms with Crippen LogP contribution in [-0.2, 0) is 4.74 Å². The summed E-state index contributed by atoms with van der Waals surface area (Å²) in [6.07, 6.45) is 0.841. The fourth-order valence-corrected chi connectivity index (χ4v) is 4.17. The molecule has 0 bridgehead atoms. The minimum absolute atomic E-state index is 0.0260. The van der Waals surface area contributed by atoms with E-state index in [4.69, 9.17) is 4.74 Å². The Hall–Kier alpha value is -4.86. The van der Waals surface area contributed by atoms with Gasteiger partial charge in [0.25, 0.3) is 0 Å². The number of nitrogens with zero attached hydrogens (tertiary/aromatic N) is 4. The van der Waals surface area contributed by atoms with Crippen molar-refractivity contribution >= 4 is 34.6 Å². The zero-order valence-electron chi connectivity index (χ0n) is 21.6. The highest BCUT2D eigenvalue weighted by molar-refractivity contribution is 6.31. The molecule has 0 spiro atoms. The number of nitrogens with one attached hydrogen (secondary N) is 3. The number of phenols is 2. The van der Waals surface area contributed by atoms with Gasteiger partial charge in [0, 0.05) is 31.3 Å². The third-order valence-corrected chi connectivity index (χ3v) is 6.09. The summed E-state index contributed by atoms with van der Waals surface area (Å²) in [6, 6.07) is 8.95. The Labute approximate surface area is 224 Å². The SMILES string of the molecule is CCCNNc1nc(NCCOC)c(C#N)c(C)c1/N=N/c1cccc2c1C(=O)c1c(O)ccc(O)c1C2=O. The number of phenolic OH excluding ortho intramolecular Hbond substituents is 2. The highest BCUT2D eigenvalue weighted by Crippen LogP contribution is 2.41. The summed E-state index contributed by atoms with van der Waals surface area (Å²) >= 11 is 0. The van der Waals surface area contributed by atoms with Crippen LogP contribution in [0, 0.1) is 18.3 Å². The van der Waals surface area contributed by atoms with Crippen molar-refractivity contribution in [1.82, 2.24) is 10.4 Å². The van der Waals surface area contributed by atoms with Crippen molar-refractivity contribution in [3.8, 4) is 17.6 Å². The maximum Gasteiger partial charge on any atom is 0.200 e. The molecule has 0 unspecified atom stereocenters. The molecule has 39 heavy (non-hydrogen) atoms. The van der Waals surface area contributed by atoms with Crippen molar-refractivity contribution in [3.63, 3.8) is 0 Å². The van der Waals surface area contributed by atoms with Gasteiger partial charge in [-0.25, -0.2) is 10.4 Å². The van der Waals surface area contributed by atoms with Gasteiger partial charge in [-0.05, 0) is 31.5 Å². The van der Waals surface area contributed by atoms with Gasteiger partial charge in [0.1, 0.15) is 29.1 Å². The fourth-order valence-electron chi connectivity index (χ4n) is 4.17. The van der Waals surface area contributed by atoms with Crippen molar-refractivity contribution in [3.05, 3.63) is 63.7 Å². The van der Waals surface area contributed by atoms with E-state index in [-0.39, 0.29) is 39.2 Å². The summed E-state index contributed by atoms with van der Waals surface area (Å²) in [4.78, 5) is 31.1. The molecule has 3 aromatic rings. The van der Waals surface area contributed by atoms with E-state index in [2.05, 4.69) is 37.5 Å². The largest absolute Gasteiger partial charge is 0.507 e. The van der Waals surface area contributed by atoms with Crippen molar-refractivity contribution < 1.29 is 24.5 Å². The molecule has 2 aromatic carbocycles. The summed E-state index contributed by atoms with van der Waals surface area (Å²) in [5.74, 6) is -1.48. The zero-order chi connectivity index (χ0) is 28.1. The van der Waals surface area contributed by atoms with Gasteiger partial charge in [-0.15, -0.1) is 10.2 Å². The number of nitriles is 1. The lowest BCUT2D eigenvalue weighted by molar-refractivity contribution is 0.0974. The lowest BCUT2D eigenvalue weighted by Crippen LogP contribution is -2.23. The molecule has 0 aliphatic heterocycles. The quantitative estimate of drug-likeness (QED) is 0.0862.